The number of hydrogen-bond donors (Lipinski definition) is 9. The third-order valence-corrected chi connectivity index (χ3v) is 9.57. The van der Waals surface area contributed by atoms with E-state index in [0.29, 0.717) is 22.1 Å². The van der Waals surface area contributed by atoms with Gasteiger partial charge in [-0.1, -0.05) is 65.7 Å². The van der Waals surface area contributed by atoms with Crippen molar-refractivity contribution < 1.29 is 66.8 Å². The lowest BCUT2D eigenvalue weighted by Gasteiger charge is -2.25. The van der Waals surface area contributed by atoms with Gasteiger partial charge < -0.3 is 37.0 Å². The molecular formula is C40H52N6O14S. The molecule has 0 aliphatic heterocycles. The number of carboxylic acid groups (broad SMARTS) is 1. The van der Waals surface area contributed by atoms with Gasteiger partial charge in [-0.2, -0.15) is 8.42 Å². The van der Waals surface area contributed by atoms with Crippen LogP contribution in [0.3, 0.4) is 0 Å². The van der Waals surface area contributed by atoms with Gasteiger partial charge in [-0.15, -0.1) is 0 Å². The lowest BCUT2D eigenvalue weighted by Crippen LogP contribution is -2.55. The summed E-state index contributed by atoms with van der Waals surface area (Å²) in [6, 6.07) is 12.9. The number of fused-ring (bicyclic) bond motifs is 1. The monoisotopic (exact) mass is 872 g/mol. The largest absolute Gasteiger partial charge is 0.481 e. The van der Waals surface area contributed by atoms with E-state index in [1.165, 1.54) is 24.3 Å². The molecule has 0 heterocycles. The highest BCUT2D eigenvalue weighted by molar-refractivity contribution is 7.85. The predicted octanol–water partition coefficient (Wildman–Crippen LogP) is 1.06. The smallest absolute Gasteiger partial charge is 0.303 e. The number of carboxylic acids is 1. The lowest BCUT2D eigenvalue weighted by atomic mass is 9.98. The summed E-state index contributed by atoms with van der Waals surface area (Å²) in [5, 5.41) is 37.7. The molecule has 0 aromatic heterocycles. The number of aryl methyl sites for hydroxylation is 1. The van der Waals surface area contributed by atoms with Crippen LogP contribution in [0.5, 0.6) is 0 Å². The van der Waals surface area contributed by atoms with Crippen LogP contribution in [0.25, 0.3) is 10.8 Å². The van der Waals surface area contributed by atoms with E-state index in [-0.39, 0.29) is 37.7 Å². The van der Waals surface area contributed by atoms with Crippen molar-refractivity contribution in [1.29, 1.82) is 0 Å². The van der Waals surface area contributed by atoms with Crippen molar-refractivity contribution >= 4 is 62.3 Å². The molecule has 20 nitrogen and oxygen atoms in total. The predicted molar refractivity (Wildman–Crippen MR) is 219 cm³/mol. The first-order valence-electron chi connectivity index (χ1n) is 19.1. The zero-order valence-corrected chi connectivity index (χ0v) is 34.9. The number of aliphatic carboxylic acids is 1. The average molecular weight is 873 g/mol. The summed E-state index contributed by atoms with van der Waals surface area (Å²) < 4.78 is 31.9. The SMILES string of the molecule is Cc1ccc2ccccc2c1C(=O)NC(Cc1ccc(CS(=O)(=O)O)cc1)C(=O)NCC(=O)NC(CCOOO)C(=O)NCC(=O)NC(CCCC(=O)O)C(=O)NC(C)(C)C. The fraction of sp³-hybridized carbons (Fsp3) is 0.425. The summed E-state index contributed by atoms with van der Waals surface area (Å²) in [6.45, 7) is 5.11. The second kappa shape index (κ2) is 23.1. The molecule has 0 radical (unpaired) electrons. The molecule has 0 saturated carbocycles. The Kier molecular flexibility index (Phi) is 18.7. The Labute approximate surface area is 352 Å². The van der Waals surface area contributed by atoms with E-state index in [1.807, 2.05) is 18.2 Å². The number of benzene rings is 3. The van der Waals surface area contributed by atoms with Gasteiger partial charge in [-0.05, 0) is 68.0 Å². The molecule has 61 heavy (non-hydrogen) atoms. The van der Waals surface area contributed by atoms with Gasteiger partial charge in [-0.25, -0.2) is 10.1 Å². The molecule has 3 rings (SSSR count). The Hall–Kier alpha value is -6.00. The number of carbonyl (C=O) groups excluding carboxylic acids is 6. The summed E-state index contributed by atoms with van der Waals surface area (Å²) in [6.07, 6.45) is -0.586. The third kappa shape index (κ3) is 17.6. The molecule has 3 unspecified atom stereocenters. The first-order chi connectivity index (χ1) is 28.6. The molecule has 3 atom stereocenters. The van der Waals surface area contributed by atoms with E-state index in [1.54, 1.807) is 45.9 Å². The second-order valence-corrected chi connectivity index (χ2v) is 16.6. The van der Waals surface area contributed by atoms with Gasteiger partial charge in [0.25, 0.3) is 16.0 Å². The maximum absolute atomic E-state index is 13.8. The molecule has 0 fully saturated rings. The number of hydrogen-bond acceptors (Lipinski definition) is 12. The maximum atomic E-state index is 13.8. The van der Waals surface area contributed by atoms with E-state index < -0.39 is 101 Å². The molecule has 332 valence electrons. The molecule has 0 bridgehead atoms. The topological polar surface area (TPSA) is 305 Å². The van der Waals surface area contributed by atoms with E-state index in [0.717, 1.165) is 5.39 Å². The van der Waals surface area contributed by atoms with E-state index in [4.69, 9.17) is 10.4 Å². The quantitative estimate of drug-likeness (QED) is 0.0279. The zero-order chi connectivity index (χ0) is 45.3. The molecule has 3 aromatic carbocycles. The molecule has 0 spiro atoms. The molecule has 3 aromatic rings. The van der Waals surface area contributed by atoms with Crippen LogP contribution >= 0.6 is 0 Å². The van der Waals surface area contributed by atoms with Crippen LogP contribution in [0, 0.1) is 6.92 Å². The third-order valence-electron chi connectivity index (χ3n) is 8.87. The summed E-state index contributed by atoms with van der Waals surface area (Å²) in [5.41, 5.74) is 1.04. The first kappa shape index (κ1) is 49.4. The van der Waals surface area contributed by atoms with Crippen LogP contribution in [-0.4, -0.2) is 108 Å². The summed E-state index contributed by atoms with van der Waals surface area (Å²) >= 11 is 0. The first-order valence-corrected chi connectivity index (χ1v) is 20.7. The minimum Gasteiger partial charge on any atom is -0.481 e. The van der Waals surface area contributed by atoms with Crippen LogP contribution < -0.4 is 31.9 Å². The second-order valence-electron chi connectivity index (χ2n) is 15.1. The van der Waals surface area contributed by atoms with Gasteiger partial charge in [0.15, 0.2) is 0 Å². The highest BCUT2D eigenvalue weighted by atomic mass is 32.2. The molecule has 9 N–H and O–H groups in total. The van der Waals surface area contributed by atoms with E-state index in [9.17, 15) is 46.5 Å². The van der Waals surface area contributed by atoms with Crippen molar-refractivity contribution in [2.24, 2.45) is 0 Å². The van der Waals surface area contributed by atoms with Crippen molar-refractivity contribution in [2.75, 3.05) is 19.7 Å². The molecule has 0 saturated heterocycles. The van der Waals surface area contributed by atoms with Crippen molar-refractivity contribution in [3.8, 4) is 0 Å². The van der Waals surface area contributed by atoms with Gasteiger partial charge in [-0.3, -0.25) is 38.1 Å². The van der Waals surface area contributed by atoms with Crippen molar-refractivity contribution in [3.05, 3.63) is 82.9 Å². The lowest BCUT2D eigenvalue weighted by molar-refractivity contribution is -0.490. The minimum absolute atomic E-state index is 0.00647. The standard InChI is InChI=1S/C40H52N6O14S/c1-24-12-17-27-8-5-6-9-28(27)35(24)39(54)45-31(20-25-13-15-26(16-14-25)23-61(56,57)58)37(52)42-22-33(48)44-30(18-19-59-60-55)36(51)41-21-32(47)43-29(10-7-11-34(49)50)38(53)46-40(2,3)4/h5-6,8-9,12-17,29-31,55H,7,10-11,18-23H2,1-4H3,(H,41,51)(H,42,52)(H,43,47)(H,44,48)(H,45,54)(H,46,53)(H,49,50)(H,56,57,58). The Bertz CT molecular complexity index is 2160. The highest BCUT2D eigenvalue weighted by Gasteiger charge is 2.28. The van der Waals surface area contributed by atoms with E-state index in [2.05, 4.69) is 41.8 Å². The van der Waals surface area contributed by atoms with Gasteiger partial charge >= 0.3 is 5.97 Å². The Morgan fingerprint density at radius 3 is 1.89 bits per heavy atom. The normalized spacial score (nSPS) is 13.0. The molecular weight excluding hydrogens is 821 g/mol. The van der Waals surface area contributed by atoms with Gasteiger partial charge in [0.1, 0.15) is 23.9 Å². The molecule has 6 amide bonds. The highest BCUT2D eigenvalue weighted by Crippen LogP contribution is 2.22. The van der Waals surface area contributed by atoms with Crippen LogP contribution in [-0.2, 0) is 61.0 Å². The molecule has 0 aliphatic rings. The Morgan fingerprint density at radius 1 is 0.738 bits per heavy atom. The summed E-state index contributed by atoms with van der Waals surface area (Å²) in [4.78, 5) is 94.9. The minimum atomic E-state index is -4.31. The summed E-state index contributed by atoms with van der Waals surface area (Å²) in [7, 11) is -4.31. The van der Waals surface area contributed by atoms with Crippen LogP contribution in [0.2, 0.25) is 0 Å². The molecule has 21 heteroatoms. The fourth-order valence-electron chi connectivity index (χ4n) is 6.07. The van der Waals surface area contributed by atoms with Gasteiger partial charge in [0, 0.05) is 24.8 Å². The zero-order valence-electron chi connectivity index (χ0n) is 34.1. The van der Waals surface area contributed by atoms with Crippen LogP contribution in [0.15, 0.2) is 60.7 Å². The fourth-order valence-corrected chi connectivity index (χ4v) is 6.68. The number of nitrogens with one attached hydrogen (secondary N) is 6. The summed E-state index contributed by atoms with van der Waals surface area (Å²) in [5.74, 6) is -6.26. The maximum Gasteiger partial charge on any atom is 0.303 e. The van der Waals surface area contributed by atoms with E-state index >= 15 is 0 Å². The Balaban J connectivity index is 1.72. The number of rotatable bonds is 23. The number of amides is 6. The molecule has 0 aliphatic carbocycles. The van der Waals surface area contributed by atoms with Crippen LogP contribution in [0.4, 0.5) is 0 Å². The van der Waals surface area contributed by atoms with Crippen molar-refractivity contribution in [3.63, 3.8) is 0 Å². The number of carbonyl (C=O) groups is 7. The van der Waals surface area contributed by atoms with Gasteiger partial charge in [0.05, 0.1) is 25.3 Å². The van der Waals surface area contributed by atoms with Crippen LogP contribution in [0.1, 0.15) is 73.5 Å². The average Bonchev–Trinajstić information content (AvgIpc) is 3.17. The van der Waals surface area contributed by atoms with Crippen molar-refractivity contribution in [2.45, 2.75) is 89.2 Å². The Morgan fingerprint density at radius 2 is 1.31 bits per heavy atom. The van der Waals surface area contributed by atoms with Gasteiger partial charge in [0.2, 0.25) is 29.5 Å². The van der Waals surface area contributed by atoms with Crippen molar-refractivity contribution in [1.82, 2.24) is 31.9 Å².